The molecule has 9 N–H and O–H groups in total. The Morgan fingerprint density at radius 3 is 2.43 bits per heavy atom. The fourth-order valence-electron chi connectivity index (χ4n) is 2.98. The summed E-state index contributed by atoms with van der Waals surface area (Å²) in [6.45, 7) is 4.04. The van der Waals surface area contributed by atoms with Crippen LogP contribution in [0.1, 0.15) is 39.5 Å². The smallest absolute Gasteiger partial charge is 0.326 e. The summed E-state index contributed by atoms with van der Waals surface area (Å²) in [5.74, 6) is -3.06. The molecule has 3 unspecified atom stereocenters. The first-order valence-electron chi connectivity index (χ1n) is 10.0. The summed E-state index contributed by atoms with van der Waals surface area (Å²) in [7, 11) is 0. The summed E-state index contributed by atoms with van der Waals surface area (Å²) in [6, 6.07) is -2.41. The lowest BCUT2D eigenvalue weighted by atomic mass is 10.0. The van der Waals surface area contributed by atoms with Gasteiger partial charge in [-0.2, -0.15) is 0 Å². The molecule has 0 bridgehead atoms. The highest BCUT2D eigenvalue weighted by Crippen LogP contribution is 2.06. The van der Waals surface area contributed by atoms with E-state index < -0.39 is 29.9 Å². The Bertz CT molecular complexity index is 643. The number of carboxylic acid groups (broad SMARTS) is 1. The van der Waals surface area contributed by atoms with E-state index in [1.807, 2.05) is 0 Å². The highest BCUT2D eigenvalue weighted by atomic mass is 16.4. The van der Waals surface area contributed by atoms with Gasteiger partial charge >= 0.3 is 5.97 Å². The molecule has 1 heterocycles. The molecule has 30 heavy (non-hydrogen) atoms. The molecule has 1 rings (SSSR count). The number of carbonyl (C=O) groups is 4. The minimum atomic E-state index is -1.17. The number of rotatable bonds is 12. The third-order valence-corrected chi connectivity index (χ3v) is 4.63. The topological polar surface area (TPSA) is 201 Å². The second-order valence-electron chi connectivity index (χ2n) is 7.50. The van der Waals surface area contributed by atoms with E-state index in [4.69, 9.17) is 11.5 Å². The van der Waals surface area contributed by atoms with Gasteiger partial charge in [-0.1, -0.05) is 13.8 Å². The molecule has 1 fully saturated rings. The van der Waals surface area contributed by atoms with E-state index in [1.165, 1.54) is 0 Å². The zero-order valence-corrected chi connectivity index (χ0v) is 17.4. The number of aliphatic imine (C=N–C) groups is 1. The van der Waals surface area contributed by atoms with Crippen LogP contribution in [0.15, 0.2) is 4.99 Å². The van der Waals surface area contributed by atoms with Crippen LogP contribution in [-0.4, -0.2) is 72.5 Å². The molecule has 1 aliphatic rings. The van der Waals surface area contributed by atoms with Gasteiger partial charge in [0.1, 0.15) is 12.1 Å². The van der Waals surface area contributed by atoms with E-state index in [9.17, 15) is 24.3 Å². The average Bonchev–Trinajstić information content (AvgIpc) is 3.20. The normalized spacial score (nSPS) is 17.6. The molecule has 12 nitrogen and oxygen atoms in total. The second-order valence-corrected chi connectivity index (χ2v) is 7.50. The number of nitrogens with zero attached hydrogens (tertiary/aromatic N) is 1. The Kier molecular flexibility index (Phi) is 10.6. The number of hydrogen-bond donors (Lipinski definition) is 7. The summed E-state index contributed by atoms with van der Waals surface area (Å²) in [4.78, 5) is 52.1. The minimum Gasteiger partial charge on any atom is -0.480 e. The highest BCUT2D eigenvalue weighted by molar-refractivity contribution is 5.92. The Hall–Kier alpha value is -2.89. The molecular formula is C18H33N7O5. The van der Waals surface area contributed by atoms with Crippen molar-refractivity contribution in [3.63, 3.8) is 0 Å². The molecular weight excluding hydrogens is 394 g/mol. The second kappa shape index (κ2) is 12.6. The largest absolute Gasteiger partial charge is 0.480 e. The molecule has 3 amide bonds. The van der Waals surface area contributed by atoms with Crippen molar-refractivity contribution in [3.05, 3.63) is 0 Å². The van der Waals surface area contributed by atoms with Crippen molar-refractivity contribution in [1.29, 1.82) is 0 Å². The SMILES string of the molecule is CC(C)C(NC(=O)C(CCCN=C(N)N)NC(=O)CNC(=O)C1CCCN1)C(=O)O. The lowest BCUT2D eigenvalue weighted by molar-refractivity contribution is -0.143. The summed E-state index contributed by atoms with van der Waals surface area (Å²) in [5, 5.41) is 19.8. The van der Waals surface area contributed by atoms with Gasteiger partial charge in [0.15, 0.2) is 5.96 Å². The Labute approximate surface area is 175 Å². The molecule has 1 saturated heterocycles. The summed E-state index contributed by atoms with van der Waals surface area (Å²) < 4.78 is 0. The molecule has 0 aliphatic carbocycles. The maximum atomic E-state index is 12.6. The fraction of sp³-hybridized carbons (Fsp3) is 0.722. The molecule has 12 heteroatoms. The van der Waals surface area contributed by atoms with Crippen LogP contribution in [0.4, 0.5) is 0 Å². The zero-order chi connectivity index (χ0) is 22.7. The van der Waals surface area contributed by atoms with Gasteiger partial charge in [0.25, 0.3) is 0 Å². The third kappa shape index (κ3) is 9.07. The van der Waals surface area contributed by atoms with Crippen LogP contribution in [0.25, 0.3) is 0 Å². The quantitative estimate of drug-likeness (QED) is 0.102. The van der Waals surface area contributed by atoms with Gasteiger partial charge < -0.3 is 37.8 Å². The summed E-state index contributed by atoms with van der Waals surface area (Å²) >= 11 is 0. The molecule has 0 radical (unpaired) electrons. The first-order chi connectivity index (χ1) is 14.1. The van der Waals surface area contributed by atoms with Gasteiger partial charge in [0.2, 0.25) is 17.7 Å². The third-order valence-electron chi connectivity index (χ3n) is 4.63. The molecule has 0 spiro atoms. The number of nitrogens with two attached hydrogens (primary N) is 2. The summed E-state index contributed by atoms with van der Waals surface area (Å²) in [6.07, 6.45) is 2.17. The Morgan fingerprint density at radius 2 is 1.90 bits per heavy atom. The first-order valence-corrected chi connectivity index (χ1v) is 10.0. The predicted octanol–water partition coefficient (Wildman–Crippen LogP) is -2.38. The zero-order valence-electron chi connectivity index (χ0n) is 17.4. The van der Waals surface area contributed by atoms with Crippen molar-refractivity contribution in [2.45, 2.75) is 57.7 Å². The lowest BCUT2D eigenvalue weighted by Crippen LogP contribution is -2.54. The number of guanidine groups is 1. The number of amides is 3. The number of aliphatic carboxylic acids is 1. The van der Waals surface area contributed by atoms with E-state index in [2.05, 4.69) is 26.3 Å². The highest BCUT2D eigenvalue weighted by Gasteiger charge is 2.28. The van der Waals surface area contributed by atoms with Crippen LogP contribution in [0.2, 0.25) is 0 Å². The Balaban J connectivity index is 2.67. The van der Waals surface area contributed by atoms with Crippen molar-refractivity contribution in [1.82, 2.24) is 21.3 Å². The van der Waals surface area contributed by atoms with E-state index in [1.54, 1.807) is 13.8 Å². The number of carbonyl (C=O) groups excluding carboxylic acids is 3. The van der Waals surface area contributed by atoms with Crippen LogP contribution in [-0.2, 0) is 19.2 Å². The van der Waals surface area contributed by atoms with Gasteiger partial charge in [-0.25, -0.2) is 4.79 Å². The van der Waals surface area contributed by atoms with Crippen LogP contribution in [0.5, 0.6) is 0 Å². The van der Waals surface area contributed by atoms with Gasteiger partial charge in [0.05, 0.1) is 12.6 Å². The molecule has 170 valence electrons. The molecule has 1 aliphatic heterocycles. The van der Waals surface area contributed by atoms with Crippen LogP contribution >= 0.6 is 0 Å². The van der Waals surface area contributed by atoms with Crippen molar-refractivity contribution >= 4 is 29.7 Å². The van der Waals surface area contributed by atoms with E-state index in [-0.39, 0.29) is 43.3 Å². The van der Waals surface area contributed by atoms with Crippen molar-refractivity contribution in [3.8, 4) is 0 Å². The number of nitrogens with one attached hydrogen (secondary N) is 4. The minimum absolute atomic E-state index is 0.0889. The van der Waals surface area contributed by atoms with Gasteiger partial charge in [0, 0.05) is 6.54 Å². The Morgan fingerprint density at radius 1 is 1.20 bits per heavy atom. The van der Waals surface area contributed by atoms with Gasteiger partial charge in [-0.15, -0.1) is 0 Å². The molecule has 0 aromatic carbocycles. The molecule has 0 aromatic heterocycles. The van der Waals surface area contributed by atoms with Crippen LogP contribution in [0, 0.1) is 5.92 Å². The molecule has 0 saturated carbocycles. The monoisotopic (exact) mass is 427 g/mol. The predicted molar refractivity (Wildman–Crippen MR) is 110 cm³/mol. The van der Waals surface area contributed by atoms with Gasteiger partial charge in [-0.05, 0) is 38.1 Å². The number of carboxylic acids is 1. The van der Waals surface area contributed by atoms with E-state index in [0.717, 1.165) is 13.0 Å². The standard InChI is InChI=1S/C18H33N7O5/c1-10(2)14(17(29)30)25-16(28)12(6-4-8-22-18(19)20)24-13(26)9-23-15(27)11-5-3-7-21-11/h10-12,14,21H,3-9H2,1-2H3,(H,23,27)(H,24,26)(H,25,28)(H,29,30)(H4,19,20,22). The van der Waals surface area contributed by atoms with Gasteiger partial charge in [-0.3, -0.25) is 19.4 Å². The van der Waals surface area contributed by atoms with Crippen LogP contribution in [0.3, 0.4) is 0 Å². The summed E-state index contributed by atoms with van der Waals surface area (Å²) in [5.41, 5.74) is 10.5. The van der Waals surface area contributed by atoms with Crippen molar-refractivity contribution in [2.24, 2.45) is 22.4 Å². The van der Waals surface area contributed by atoms with Crippen molar-refractivity contribution < 1.29 is 24.3 Å². The van der Waals surface area contributed by atoms with Crippen LogP contribution < -0.4 is 32.7 Å². The van der Waals surface area contributed by atoms with Crippen molar-refractivity contribution in [2.75, 3.05) is 19.6 Å². The maximum Gasteiger partial charge on any atom is 0.326 e. The maximum absolute atomic E-state index is 12.6. The van der Waals surface area contributed by atoms with E-state index in [0.29, 0.717) is 12.8 Å². The fourth-order valence-corrected chi connectivity index (χ4v) is 2.98. The van der Waals surface area contributed by atoms with E-state index >= 15 is 0 Å². The average molecular weight is 428 g/mol. The lowest BCUT2D eigenvalue weighted by Gasteiger charge is -2.23. The first kappa shape index (κ1) is 25.1. The number of hydrogen-bond acceptors (Lipinski definition) is 6. The molecule has 3 atom stereocenters. The molecule has 0 aromatic rings.